The van der Waals surface area contributed by atoms with E-state index in [2.05, 4.69) is 6.92 Å². The van der Waals surface area contributed by atoms with Crippen LogP contribution in [-0.4, -0.2) is 56.8 Å². The summed E-state index contributed by atoms with van der Waals surface area (Å²) in [5.74, 6) is 0.881. The molecule has 188 valence electrons. The first-order chi connectivity index (χ1) is 17.6. The van der Waals surface area contributed by atoms with Crippen LogP contribution in [0, 0.1) is 0 Å². The number of piperidine rings is 1. The number of aryl methyl sites for hydroxylation is 1. The van der Waals surface area contributed by atoms with E-state index in [0.29, 0.717) is 54.8 Å². The summed E-state index contributed by atoms with van der Waals surface area (Å²) in [6, 6.07) is 17.2. The van der Waals surface area contributed by atoms with Crippen molar-refractivity contribution in [3.63, 3.8) is 0 Å². The molecule has 0 radical (unpaired) electrons. The molecule has 7 nitrogen and oxygen atoms in total. The number of nitrogens with zero attached hydrogens (tertiary/aromatic N) is 4. The fraction of sp³-hybridized carbons (Fsp3) is 0.448. The van der Waals surface area contributed by atoms with Gasteiger partial charge in [0.15, 0.2) is 0 Å². The maximum atomic E-state index is 13.4. The molecule has 0 N–H and O–H groups in total. The first-order valence-corrected chi connectivity index (χ1v) is 13.2. The Morgan fingerprint density at radius 3 is 2.36 bits per heavy atom. The fourth-order valence-corrected chi connectivity index (χ4v) is 5.34. The summed E-state index contributed by atoms with van der Waals surface area (Å²) in [7, 11) is 0. The number of rotatable bonds is 8. The van der Waals surface area contributed by atoms with Crippen LogP contribution in [0.25, 0.3) is 10.9 Å². The van der Waals surface area contributed by atoms with E-state index in [1.165, 1.54) is 0 Å². The second kappa shape index (κ2) is 10.6. The van der Waals surface area contributed by atoms with Gasteiger partial charge in [-0.15, -0.1) is 0 Å². The number of carbonyl (C=O) groups excluding carboxylic acids is 2. The quantitative estimate of drug-likeness (QED) is 0.478. The number of hydrogen-bond acceptors (Lipinski definition) is 4. The van der Waals surface area contributed by atoms with Gasteiger partial charge in [-0.2, -0.15) is 0 Å². The molecule has 36 heavy (non-hydrogen) atoms. The molecule has 2 fully saturated rings. The van der Waals surface area contributed by atoms with Crippen molar-refractivity contribution in [3.05, 3.63) is 76.3 Å². The standard InChI is InChI=1S/C29H34N4O3/c1-2-18-32(22-16-19-31(20-17-22)28(35)21-8-4-3-5-9-21)27(34)15-14-26-30-25-11-7-6-10-24(25)29(36)33(26)23-12-13-23/h3-11,22-23H,2,12-20H2,1H3. The third-order valence-corrected chi connectivity index (χ3v) is 7.35. The molecule has 1 aliphatic heterocycles. The van der Waals surface area contributed by atoms with E-state index in [4.69, 9.17) is 4.98 Å². The van der Waals surface area contributed by atoms with Crippen LogP contribution in [0.15, 0.2) is 59.4 Å². The van der Waals surface area contributed by atoms with Crippen LogP contribution in [0.1, 0.15) is 67.7 Å². The van der Waals surface area contributed by atoms with Gasteiger partial charge in [0.25, 0.3) is 11.5 Å². The van der Waals surface area contributed by atoms with Crippen LogP contribution in [0.4, 0.5) is 0 Å². The molecule has 2 aliphatic rings. The number of hydrogen-bond donors (Lipinski definition) is 0. The predicted molar refractivity (Wildman–Crippen MR) is 140 cm³/mol. The Morgan fingerprint density at radius 2 is 1.67 bits per heavy atom. The zero-order valence-corrected chi connectivity index (χ0v) is 20.9. The summed E-state index contributed by atoms with van der Waals surface area (Å²) in [5, 5.41) is 0.642. The molecule has 7 heteroatoms. The Labute approximate surface area is 211 Å². The van der Waals surface area contributed by atoms with Gasteiger partial charge in [-0.1, -0.05) is 37.3 Å². The average Bonchev–Trinajstić information content (AvgIpc) is 3.76. The summed E-state index contributed by atoms with van der Waals surface area (Å²) in [6.07, 6.45) is 5.22. The van der Waals surface area contributed by atoms with Gasteiger partial charge in [-0.3, -0.25) is 19.0 Å². The van der Waals surface area contributed by atoms with E-state index in [9.17, 15) is 14.4 Å². The van der Waals surface area contributed by atoms with Crippen molar-refractivity contribution >= 4 is 22.7 Å². The molecular formula is C29H34N4O3. The normalized spacial score (nSPS) is 16.3. The van der Waals surface area contributed by atoms with E-state index >= 15 is 0 Å². The number of para-hydroxylation sites is 1. The van der Waals surface area contributed by atoms with Crippen LogP contribution in [0.3, 0.4) is 0 Å². The van der Waals surface area contributed by atoms with Gasteiger partial charge < -0.3 is 9.80 Å². The maximum Gasteiger partial charge on any atom is 0.261 e. The van der Waals surface area contributed by atoms with E-state index in [0.717, 1.165) is 32.1 Å². The lowest BCUT2D eigenvalue weighted by atomic mass is 10.0. The Balaban J connectivity index is 1.26. The van der Waals surface area contributed by atoms with Crippen LogP contribution in [0.5, 0.6) is 0 Å². The van der Waals surface area contributed by atoms with Gasteiger partial charge in [0, 0.05) is 50.1 Å². The zero-order valence-electron chi connectivity index (χ0n) is 20.9. The zero-order chi connectivity index (χ0) is 25.1. The highest BCUT2D eigenvalue weighted by atomic mass is 16.2. The van der Waals surface area contributed by atoms with Crippen molar-refractivity contribution in [1.29, 1.82) is 0 Å². The summed E-state index contributed by atoms with van der Waals surface area (Å²) in [5.41, 5.74) is 1.41. The third kappa shape index (κ3) is 5.06. The van der Waals surface area contributed by atoms with Crippen molar-refractivity contribution in [3.8, 4) is 0 Å². The molecule has 1 aromatic heterocycles. The van der Waals surface area contributed by atoms with E-state index in [1.807, 2.05) is 69.0 Å². The highest BCUT2D eigenvalue weighted by Gasteiger charge is 2.31. The Kier molecular flexibility index (Phi) is 7.16. The molecule has 2 heterocycles. The molecule has 5 rings (SSSR count). The van der Waals surface area contributed by atoms with Crippen LogP contribution in [0.2, 0.25) is 0 Å². The third-order valence-electron chi connectivity index (χ3n) is 7.35. The van der Waals surface area contributed by atoms with E-state index in [-0.39, 0.29) is 29.5 Å². The lowest BCUT2D eigenvalue weighted by Crippen LogP contribution is -2.49. The molecule has 0 unspecified atom stereocenters. The molecule has 1 saturated carbocycles. The van der Waals surface area contributed by atoms with Gasteiger partial charge >= 0.3 is 0 Å². The fourth-order valence-electron chi connectivity index (χ4n) is 5.34. The van der Waals surface area contributed by atoms with Crippen molar-refractivity contribution in [2.24, 2.45) is 0 Å². The number of likely N-dealkylation sites (tertiary alicyclic amines) is 1. The van der Waals surface area contributed by atoms with Crippen LogP contribution < -0.4 is 5.56 Å². The lowest BCUT2D eigenvalue weighted by Gasteiger charge is -2.38. The van der Waals surface area contributed by atoms with Gasteiger partial charge in [0.1, 0.15) is 5.82 Å². The Morgan fingerprint density at radius 1 is 0.972 bits per heavy atom. The summed E-state index contributed by atoms with van der Waals surface area (Å²) in [6.45, 7) is 4.10. The minimum atomic E-state index is 0.00594. The largest absolute Gasteiger partial charge is 0.340 e. The predicted octanol–water partition coefficient (Wildman–Crippen LogP) is 4.21. The van der Waals surface area contributed by atoms with Crippen molar-refractivity contribution in [2.75, 3.05) is 19.6 Å². The van der Waals surface area contributed by atoms with Crippen LogP contribution >= 0.6 is 0 Å². The number of fused-ring (bicyclic) bond motifs is 1. The molecule has 0 spiro atoms. The molecule has 3 aromatic rings. The van der Waals surface area contributed by atoms with Crippen LogP contribution in [-0.2, 0) is 11.2 Å². The number of amides is 2. The SMILES string of the molecule is CCCN(C(=O)CCc1nc2ccccc2c(=O)n1C1CC1)C1CCN(C(=O)c2ccccc2)CC1. The lowest BCUT2D eigenvalue weighted by molar-refractivity contribution is -0.134. The van der Waals surface area contributed by atoms with Crippen molar-refractivity contribution < 1.29 is 9.59 Å². The average molecular weight is 487 g/mol. The highest BCUT2D eigenvalue weighted by Crippen LogP contribution is 2.35. The van der Waals surface area contributed by atoms with E-state index < -0.39 is 0 Å². The maximum absolute atomic E-state index is 13.4. The van der Waals surface area contributed by atoms with Gasteiger partial charge in [-0.25, -0.2) is 4.98 Å². The smallest absolute Gasteiger partial charge is 0.261 e. The minimum absolute atomic E-state index is 0.00594. The molecule has 1 saturated heterocycles. The number of aromatic nitrogens is 2. The number of carbonyl (C=O) groups is 2. The van der Waals surface area contributed by atoms with Crippen molar-refractivity contribution in [2.45, 2.75) is 64.0 Å². The molecule has 0 bridgehead atoms. The highest BCUT2D eigenvalue weighted by molar-refractivity contribution is 5.94. The first-order valence-electron chi connectivity index (χ1n) is 13.2. The summed E-state index contributed by atoms with van der Waals surface area (Å²) in [4.78, 5) is 48.1. The first kappa shape index (κ1) is 24.2. The Hall–Kier alpha value is -3.48. The number of benzene rings is 2. The molecule has 2 aromatic carbocycles. The van der Waals surface area contributed by atoms with Crippen molar-refractivity contribution in [1.82, 2.24) is 19.4 Å². The van der Waals surface area contributed by atoms with E-state index in [1.54, 1.807) is 0 Å². The monoisotopic (exact) mass is 486 g/mol. The minimum Gasteiger partial charge on any atom is -0.340 e. The van der Waals surface area contributed by atoms with Gasteiger partial charge in [0.05, 0.1) is 10.9 Å². The molecule has 1 aliphatic carbocycles. The second-order valence-corrected chi connectivity index (χ2v) is 9.93. The Bertz CT molecular complexity index is 1290. The molecule has 0 atom stereocenters. The van der Waals surface area contributed by atoms with Gasteiger partial charge in [-0.05, 0) is 56.4 Å². The van der Waals surface area contributed by atoms with Gasteiger partial charge in [0.2, 0.25) is 5.91 Å². The molecular weight excluding hydrogens is 452 g/mol. The summed E-state index contributed by atoms with van der Waals surface area (Å²) < 4.78 is 1.83. The summed E-state index contributed by atoms with van der Waals surface area (Å²) >= 11 is 0. The second-order valence-electron chi connectivity index (χ2n) is 9.93. The topological polar surface area (TPSA) is 75.5 Å². The molecule has 2 amide bonds.